The lowest BCUT2D eigenvalue weighted by molar-refractivity contribution is 0.261. The number of aromatic nitrogens is 2. The molecule has 0 saturated heterocycles. The van der Waals surface area contributed by atoms with Gasteiger partial charge in [-0.05, 0) is 36.7 Å². The average Bonchev–Trinajstić information content (AvgIpc) is 2.84. The van der Waals surface area contributed by atoms with Gasteiger partial charge in [-0.1, -0.05) is 30.7 Å². The summed E-state index contributed by atoms with van der Waals surface area (Å²) in [5.74, 6) is 0.880. The number of rotatable bonds is 5. The van der Waals surface area contributed by atoms with Gasteiger partial charge >= 0.3 is 0 Å². The molecule has 0 amide bonds. The zero-order valence-corrected chi connectivity index (χ0v) is 10.8. The molecule has 0 aromatic carbocycles. The van der Waals surface area contributed by atoms with Gasteiger partial charge in [0.15, 0.2) is 0 Å². The summed E-state index contributed by atoms with van der Waals surface area (Å²) in [7, 11) is 0. The number of nitrogens with one attached hydrogen (secondary N) is 1. The Labute approximate surface area is 102 Å². The summed E-state index contributed by atoms with van der Waals surface area (Å²) in [4.78, 5) is 0. The molecule has 1 unspecified atom stereocenters. The molecule has 2 rings (SSSR count). The smallest absolute Gasteiger partial charge is 0.0893 e. The van der Waals surface area contributed by atoms with Crippen LogP contribution in [0.3, 0.4) is 0 Å². The molecular weight excluding hydrogens is 218 g/mol. The van der Waals surface area contributed by atoms with E-state index in [1.807, 2.05) is 5.38 Å². The van der Waals surface area contributed by atoms with Gasteiger partial charge in [-0.3, -0.25) is 0 Å². The van der Waals surface area contributed by atoms with Crippen molar-refractivity contribution >= 4 is 11.5 Å². The van der Waals surface area contributed by atoms with E-state index in [9.17, 15) is 0 Å². The Hall–Kier alpha value is -0.480. The van der Waals surface area contributed by atoms with Crippen LogP contribution < -0.4 is 5.32 Å². The van der Waals surface area contributed by atoms with Crippen molar-refractivity contribution in [3.05, 3.63) is 11.1 Å². The van der Waals surface area contributed by atoms with Crippen molar-refractivity contribution in [3.63, 3.8) is 0 Å². The van der Waals surface area contributed by atoms with Crippen LogP contribution in [-0.4, -0.2) is 15.6 Å². The van der Waals surface area contributed by atoms with Crippen molar-refractivity contribution in [2.45, 2.75) is 58.0 Å². The monoisotopic (exact) mass is 239 g/mol. The molecule has 90 valence electrons. The number of hydrogen-bond acceptors (Lipinski definition) is 4. The molecule has 1 heterocycles. The van der Waals surface area contributed by atoms with Crippen LogP contribution >= 0.6 is 11.5 Å². The Morgan fingerprint density at radius 2 is 2.25 bits per heavy atom. The second kappa shape index (κ2) is 6.30. The van der Waals surface area contributed by atoms with E-state index >= 15 is 0 Å². The molecule has 16 heavy (non-hydrogen) atoms. The first-order valence-corrected chi connectivity index (χ1v) is 7.23. The Morgan fingerprint density at radius 1 is 1.44 bits per heavy atom. The molecule has 1 aromatic heterocycles. The molecule has 1 atom stereocenters. The summed E-state index contributed by atoms with van der Waals surface area (Å²) in [6, 6.07) is 0.669. The second-order valence-corrected chi connectivity index (χ2v) is 5.30. The van der Waals surface area contributed by atoms with Crippen molar-refractivity contribution < 1.29 is 0 Å². The molecule has 1 aliphatic carbocycles. The summed E-state index contributed by atoms with van der Waals surface area (Å²) in [5, 5.41) is 9.75. The highest BCUT2D eigenvalue weighted by Gasteiger charge is 2.21. The third-order valence-corrected chi connectivity index (χ3v) is 4.16. The van der Waals surface area contributed by atoms with Crippen LogP contribution in [-0.2, 0) is 6.54 Å². The first kappa shape index (κ1) is 12.0. The van der Waals surface area contributed by atoms with Gasteiger partial charge in [-0.15, -0.1) is 5.10 Å². The molecule has 0 aliphatic heterocycles. The van der Waals surface area contributed by atoms with Gasteiger partial charge in [0, 0.05) is 18.0 Å². The van der Waals surface area contributed by atoms with Crippen molar-refractivity contribution in [2.75, 3.05) is 0 Å². The van der Waals surface area contributed by atoms with Crippen LogP contribution in [0.4, 0.5) is 0 Å². The van der Waals surface area contributed by atoms with Crippen LogP contribution in [0.15, 0.2) is 5.38 Å². The predicted molar refractivity (Wildman–Crippen MR) is 67.4 cm³/mol. The maximum absolute atomic E-state index is 4.07. The van der Waals surface area contributed by atoms with Gasteiger partial charge in [0.05, 0.1) is 5.69 Å². The van der Waals surface area contributed by atoms with Gasteiger partial charge in [0.1, 0.15) is 0 Å². The van der Waals surface area contributed by atoms with Crippen molar-refractivity contribution in [3.8, 4) is 0 Å². The van der Waals surface area contributed by atoms with Crippen LogP contribution in [0.1, 0.15) is 51.1 Å². The van der Waals surface area contributed by atoms with Gasteiger partial charge in [0.2, 0.25) is 0 Å². The first-order valence-electron chi connectivity index (χ1n) is 6.39. The van der Waals surface area contributed by atoms with E-state index in [0.717, 1.165) is 18.2 Å². The van der Waals surface area contributed by atoms with Crippen molar-refractivity contribution in [2.24, 2.45) is 5.92 Å². The van der Waals surface area contributed by atoms with E-state index < -0.39 is 0 Å². The molecular formula is C12H21N3S. The summed E-state index contributed by atoms with van der Waals surface area (Å²) in [6.07, 6.45) is 8.30. The summed E-state index contributed by atoms with van der Waals surface area (Å²) in [5.41, 5.74) is 1.08. The fraction of sp³-hybridized carbons (Fsp3) is 0.833. The topological polar surface area (TPSA) is 37.8 Å². The molecule has 1 fully saturated rings. The quantitative estimate of drug-likeness (QED) is 0.858. The Morgan fingerprint density at radius 3 is 2.88 bits per heavy atom. The molecule has 1 aromatic rings. The highest BCUT2D eigenvalue weighted by Crippen LogP contribution is 2.27. The Kier molecular flexibility index (Phi) is 4.72. The van der Waals surface area contributed by atoms with E-state index in [-0.39, 0.29) is 0 Å². The standard InChI is InChI=1S/C12H21N3S/c1-2-12(10-6-4-3-5-7-10)13-8-11-9-16-15-14-11/h9-10,12-13H,2-8H2,1H3. The molecule has 4 heteroatoms. The molecule has 0 radical (unpaired) electrons. The third kappa shape index (κ3) is 3.25. The maximum Gasteiger partial charge on any atom is 0.0893 e. The van der Waals surface area contributed by atoms with Gasteiger partial charge in [-0.25, -0.2) is 0 Å². The van der Waals surface area contributed by atoms with Crippen LogP contribution in [0.5, 0.6) is 0 Å². The zero-order chi connectivity index (χ0) is 11.2. The Balaban J connectivity index is 1.80. The second-order valence-electron chi connectivity index (χ2n) is 4.69. The van der Waals surface area contributed by atoms with Crippen LogP contribution in [0, 0.1) is 5.92 Å². The van der Waals surface area contributed by atoms with Crippen LogP contribution in [0.2, 0.25) is 0 Å². The molecule has 0 spiro atoms. The van der Waals surface area contributed by atoms with Gasteiger partial charge < -0.3 is 5.32 Å². The average molecular weight is 239 g/mol. The molecule has 3 nitrogen and oxygen atoms in total. The highest BCUT2D eigenvalue weighted by molar-refractivity contribution is 7.03. The minimum Gasteiger partial charge on any atom is -0.308 e. The van der Waals surface area contributed by atoms with Crippen LogP contribution in [0.25, 0.3) is 0 Å². The highest BCUT2D eigenvalue weighted by atomic mass is 32.1. The minimum absolute atomic E-state index is 0.669. The zero-order valence-electron chi connectivity index (χ0n) is 9.98. The van der Waals surface area contributed by atoms with E-state index in [2.05, 4.69) is 21.8 Å². The Bertz CT molecular complexity index is 280. The maximum atomic E-state index is 4.07. The first-order chi connectivity index (χ1) is 7.90. The molecule has 0 bridgehead atoms. The molecule has 1 N–H and O–H groups in total. The summed E-state index contributed by atoms with van der Waals surface area (Å²) >= 11 is 1.43. The van der Waals surface area contributed by atoms with Gasteiger partial charge in [0.25, 0.3) is 0 Å². The largest absolute Gasteiger partial charge is 0.308 e. The SMILES string of the molecule is CCC(NCc1csnn1)C1CCCCC1. The molecule has 1 saturated carbocycles. The fourth-order valence-corrected chi connectivity index (χ4v) is 3.13. The minimum atomic E-state index is 0.669. The lowest BCUT2D eigenvalue weighted by Gasteiger charge is -2.30. The van der Waals surface area contributed by atoms with E-state index in [0.29, 0.717) is 6.04 Å². The fourth-order valence-electron chi connectivity index (χ4n) is 2.68. The predicted octanol–water partition coefficient (Wildman–Crippen LogP) is 2.99. The summed E-state index contributed by atoms with van der Waals surface area (Å²) in [6.45, 7) is 3.16. The molecule has 1 aliphatic rings. The lowest BCUT2D eigenvalue weighted by atomic mass is 9.83. The third-order valence-electron chi connectivity index (χ3n) is 3.61. The van der Waals surface area contributed by atoms with E-state index in [1.165, 1.54) is 50.1 Å². The van der Waals surface area contributed by atoms with Crippen molar-refractivity contribution in [1.82, 2.24) is 14.9 Å². The summed E-state index contributed by atoms with van der Waals surface area (Å²) < 4.78 is 3.89. The van der Waals surface area contributed by atoms with Crippen molar-refractivity contribution in [1.29, 1.82) is 0 Å². The number of nitrogens with zero attached hydrogens (tertiary/aromatic N) is 2. The lowest BCUT2D eigenvalue weighted by Crippen LogP contribution is -2.36. The number of hydrogen-bond donors (Lipinski definition) is 1. The normalized spacial score (nSPS) is 19.8. The van der Waals surface area contributed by atoms with E-state index in [1.54, 1.807) is 0 Å². The van der Waals surface area contributed by atoms with E-state index in [4.69, 9.17) is 0 Å². The van der Waals surface area contributed by atoms with Gasteiger partial charge in [-0.2, -0.15) is 0 Å².